The van der Waals surface area contributed by atoms with E-state index in [0.29, 0.717) is 16.6 Å². The van der Waals surface area contributed by atoms with E-state index >= 15 is 0 Å². The molecule has 0 aliphatic rings. The van der Waals surface area contributed by atoms with Crippen LogP contribution in [0.1, 0.15) is 42.6 Å². The third-order valence-corrected chi connectivity index (χ3v) is 3.48. The minimum absolute atomic E-state index is 0.168. The average Bonchev–Trinajstić information content (AvgIpc) is 2.93. The number of hydrogen-bond donors (Lipinski definition) is 1. The van der Waals surface area contributed by atoms with E-state index in [4.69, 9.17) is 11.6 Å². The van der Waals surface area contributed by atoms with Crippen molar-refractivity contribution in [2.24, 2.45) is 20.0 Å². The molecule has 0 saturated carbocycles. The molecule has 0 aliphatic heterocycles. The molecular weight excluding hydrogens is 290 g/mol. The van der Waals surface area contributed by atoms with Gasteiger partial charge in [0.15, 0.2) is 0 Å². The zero-order valence-electron chi connectivity index (χ0n) is 12.7. The van der Waals surface area contributed by atoms with Gasteiger partial charge in [-0.15, -0.1) is 0 Å². The first kappa shape index (κ1) is 15.6. The minimum Gasteiger partial charge on any atom is -0.345 e. The highest BCUT2D eigenvalue weighted by molar-refractivity contribution is 6.31. The quantitative estimate of drug-likeness (QED) is 0.922. The third-order valence-electron chi connectivity index (χ3n) is 3.27. The normalized spacial score (nSPS) is 12.7. The molecular formula is C14H20ClN5O. The maximum atomic E-state index is 12.4. The number of aromatic nitrogens is 4. The first-order valence-corrected chi connectivity index (χ1v) is 7.23. The fourth-order valence-corrected chi connectivity index (χ4v) is 2.55. The smallest absolute Gasteiger partial charge is 0.268 e. The summed E-state index contributed by atoms with van der Waals surface area (Å²) in [7, 11) is 3.61. The molecule has 2 rings (SSSR count). The second kappa shape index (κ2) is 6.30. The molecule has 6 nitrogen and oxygen atoms in total. The zero-order valence-corrected chi connectivity index (χ0v) is 13.4. The summed E-state index contributed by atoms with van der Waals surface area (Å²) in [4.78, 5) is 16.7. The van der Waals surface area contributed by atoms with Crippen molar-refractivity contribution in [2.45, 2.75) is 26.3 Å². The van der Waals surface area contributed by atoms with Crippen molar-refractivity contribution in [3.63, 3.8) is 0 Å². The lowest BCUT2D eigenvalue weighted by Gasteiger charge is -2.20. The summed E-state index contributed by atoms with van der Waals surface area (Å²) in [6, 6.07) is 1.47. The van der Waals surface area contributed by atoms with E-state index in [-0.39, 0.29) is 11.9 Å². The van der Waals surface area contributed by atoms with E-state index in [1.54, 1.807) is 28.6 Å². The van der Waals surface area contributed by atoms with Crippen molar-refractivity contribution in [3.05, 3.63) is 35.1 Å². The fraction of sp³-hybridized carbons (Fsp3) is 0.500. The van der Waals surface area contributed by atoms with Gasteiger partial charge in [-0.3, -0.25) is 9.48 Å². The van der Waals surface area contributed by atoms with Crippen molar-refractivity contribution in [1.82, 2.24) is 24.6 Å². The first-order chi connectivity index (χ1) is 9.88. The summed E-state index contributed by atoms with van der Waals surface area (Å²) >= 11 is 5.93. The Morgan fingerprint density at radius 1 is 1.43 bits per heavy atom. The number of nitrogens with one attached hydrogen (secondary N) is 1. The monoisotopic (exact) mass is 309 g/mol. The van der Waals surface area contributed by atoms with Crippen LogP contribution in [0.4, 0.5) is 0 Å². The summed E-state index contributed by atoms with van der Waals surface area (Å²) in [5.41, 5.74) is 0.524. The van der Waals surface area contributed by atoms with Crippen molar-refractivity contribution in [2.75, 3.05) is 0 Å². The molecule has 7 heteroatoms. The van der Waals surface area contributed by atoms with Gasteiger partial charge in [0.05, 0.1) is 11.1 Å². The number of rotatable bonds is 5. The molecule has 114 valence electrons. The van der Waals surface area contributed by atoms with Gasteiger partial charge in [-0.05, 0) is 18.4 Å². The lowest BCUT2D eigenvalue weighted by Crippen LogP contribution is -2.32. The Bertz CT molecular complexity index is 631. The highest BCUT2D eigenvalue weighted by Gasteiger charge is 2.22. The lowest BCUT2D eigenvalue weighted by atomic mass is 10.0. The van der Waals surface area contributed by atoms with Gasteiger partial charge in [0.25, 0.3) is 5.91 Å². The van der Waals surface area contributed by atoms with Crippen molar-refractivity contribution in [3.8, 4) is 0 Å². The predicted molar refractivity (Wildman–Crippen MR) is 81.1 cm³/mol. The fourth-order valence-electron chi connectivity index (χ4n) is 2.30. The van der Waals surface area contributed by atoms with Crippen molar-refractivity contribution < 1.29 is 4.79 Å². The molecule has 1 amide bonds. The predicted octanol–water partition coefficient (Wildman–Crippen LogP) is 2.32. The van der Waals surface area contributed by atoms with E-state index < -0.39 is 0 Å². The average molecular weight is 310 g/mol. The van der Waals surface area contributed by atoms with E-state index in [2.05, 4.69) is 29.2 Å². The third kappa shape index (κ3) is 3.64. The van der Waals surface area contributed by atoms with Gasteiger partial charge in [-0.2, -0.15) is 5.10 Å². The summed E-state index contributed by atoms with van der Waals surface area (Å²) in [6.45, 7) is 4.21. The van der Waals surface area contributed by atoms with E-state index in [9.17, 15) is 4.79 Å². The molecule has 0 bridgehead atoms. The summed E-state index contributed by atoms with van der Waals surface area (Å²) in [6.07, 6.45) is 3.99. The second-order valence-electron chi connectivity index (χ2n) is 5.55. The number of nitrogens with zero attached hydrogens (tertiary/aromatic N) is 4. The van der Waals surface area contributed by atoms with Gasteiger partial charge in [0, 0.05) is 20.3 Å². The standard InChI is InChI=1S/C14H20ClN5O/c1-9(2)5-11(13-16-8-17-20(13)4)18-14(21)12-6-10(15)7-19(12)3/h6-9,11H,5H2,1-4H3,(H,18,21)/t11-/m1/s1. The Balaban J connectivity index is 2.21. The molecule has 1 atom stereocenters. The Morgan fingerprint density at radius 2 is 2.14 bits per heavy atom. The van der Waals surface area contributed by atoms with E-state index in [1.807, 2.05) is 7.05 Å². The van der Waals surface area contributed by atoms with Gasteiger partial charge >= 0.3 is 0 Å². The second-order valence-corrected chi connectivity index (χ2v) is 5.99. The van der Waals surface area contributed by atoms with E-state index in [0.717, 1.165) is 12.2 Å². The number of amides is 1. The van der Waals surface area contributed by atoms with Gasteiger partial charge in [-0.25, -0.2) is 4.98 Å². The van der Waals surface area contributed by atoms with Gasteiger partial charge in [-0.1, -0.05) is 25.4 Å². The number of halogens is 1. The molecule has 0 aliphatic carbocycles. The Labute approximate surface area is 129 Å². The molecule has 0 saturated heterocycles. The summed E-state index contributed by atoms with van der Waals surface area (Å²) < 4.78 is 3.39. The minimum atomic E-state index is -0.182. The largest absolute Gasteiger partial charge is 0.345 e. The molecule has 2 aromatic heterocycles. The SMILES string of the molecule is CC(C)C[C@@H](NC(=O)c1cc(Cl)cn1C)c1ncnn1C. The van der Waals surface area contributed by atoms with E-state index in [1.165, 1.54) is 6.33 Å². The molecule has 0 fully saturated rings. The molecule has 2 heterocycles. The van der Waals surface area contributed by atoms with Crippen LogP contribution in [0.5, 0.6) is 0 Å². The molecule has 0 radical (unpaired) electrons. The maximum absolute atomic E-state index is 12.4. The molecule has 21 heavy (non-hydrogen) atoms. The lowest BCUT2D eigenvalue weighted by molar-refractivity contribution is 0.0921. The number of carbonyl (C=O) groups excluding carboxylic acids is 1. The van der Waals surface area contributed by atoms with Gasteiger partial charge in [0.1, 0.15) is 17.8 Å². The summed E-state index contributed by atoms with van der Waals surface area (Å²) in [5.74, 6) is 0.999. The van der Waals surface area contributed by atoms with Gasteiger partial charge < -0.3 is 9.88 Å². The molecule has 0 spiro atoms. The van der Waals surface area contributed by atoms with Crippen LogP contribution < -0.4 is 5.32 Å². The number of aryl methyl sites for hydroxylation is 2. The van der Waals surface area contributed by atoms with Crippen LogP contribution in [-0.2, 0) is 14.1 Å². The number of carbonyl (C=O) groups is 1. The first-order valence-electron chi connectivity index (χ1n) is 6.85. The molecule has 1 N–H and O–H groups in total. The van der Waals surface area contributed by atoms with Crippen LogP contribution in [-0.4, -0.2) is 25.2 Å². The van der Waals surface area contributed by atoms with Crippen molar-refractivity contribution >= 4 is 17.5 Å². The van der Waals surface area contributed by atoms with Crippen LogP contribution >= 0.6 is 11.6 Å². The highest BCUT2D eigenvalue weighted by Crippen LogP contribution is 2.20. The molecule has 0 unspecified atom stereocenters. The number of hydrogen-bond acceptors (Lipinski definition) is 3. The Morgan fingerprint density at radius 3 is 2.62 bits per heavy atom. The maximum Gasteiger partial charge on any atom is 0.268 e. The Kier molecular flexibility index (Phi) is 4.67. The van der Waals surface area contributed by atoms with Crippen LogP contribution in [0, 0.1) is 5.92 Å². The van der Waals surface area contributed by atoms with Crippen LogP contribution in [0.2, 0.25) is 5.02 Å². The Hall–Kier alpha value is -1.82. The van der Waals surface area contributed by atoms with Crippen LogP contribution in [0.3, 0.4) is 0 Å². The molecule has 0 aromatic carbocycles. The van der Waals surface area contributed by atoms with Crippen LogP contribution in [0.15, 0.2) is 18.6 Å². The molecule has 2 aromatic rings. The zero-order chi connectivity index (χ0) is 15.6. The van der Waals surface area contributed by atoms with Crippen LogP contribution in [0.25, 0.3) is 0 Å². The topological polar surface area (TPSA) is 64.7 Å². The van der Waals surface area contributed by atoms with Gasteiger partial charge in [0.2, 0.25) is 0 Å². The van der Waals surface area contributed by atoms with Crippen molar-refractivity contribution in [1.29, 1.82) is 0 Å². The highest BCUT2D eigenvalue weighted by atomic mass is 35.5. The summed E-state index contributed by atoms with van der Waals surface area (Å²) in [5, 5.41) is 7.64.